The molecule has 1 amide bonds. The standard InChI is InChI=1S/C25H27N3O2S/c29-25-9-7-19-6-8-20(18-22(19)26-25)30-16-2-1-11-27-12-14-28(15-13-27)23-4-3-5-24-21(23)10-17-31-24/h3-6,8,10-11,17-18H,1-2,7,9,12-16H2/p+1. The fourth-order valence-corrected chi connectivity index (χ4v) is 5.19. The van der Waals surface area contributed by atoms with Crippen molar-refractivity contribution in [3.8, 4) is 5.75 Å². The first-order valence-corrected chi connectivity index (χ1v) is 12.0. The summed E-state index contributed by atoms with van der Waals surface area (Å²) in [6, 6.07) is 14.9. The molecule has 6 heteroatoms. The van der Waals surface area contributed by atoms with E-state index < -0.39 is 0 Å². The summed E-state index contributed by atoms with van der Waals surface area (Å²) in [5.74, 6) is 0.920. The molecule has 160 valence electrons. The number of amides is 1. The van der Waals surface area contributed by atoms with Crippen molar-refractivity contribution in [3.05, 3.63) is 53.4 Å². The number of carbonyl (C=O) groups is 1. The maximum Gasteiger partial charge on any atom is 0.224 e. The summed E-state index contributed by atoms with van der Waals surface area (Å²) in [4.78, 5) is 14.1. The van der Waals surface area contributed by atoms with E-state index in [-0.39, 0.29) is 5.91 Å². The molecular formula is C25H28N3O2S+. The first-order chi connectivity index (χ1) is 15.3. The number of carbonyl (C=O) groups excluding carboxylic acids is 1. The third-order valence-electron chi connectivity index (χ3n) is 6.11. The van der Waals surface area contributed by atoms with E-state index in [4.69, 9.17) is 4.74 Å². The number of rotatable bonds is 6. The van der Waals surface area contributed by atoms with Crippen LogP contribution in [0.3, 0.4) is 0 Å². The number of thiophene rings is 1. The van der Waals surface area contributed by atoms with Gasteiger partial charge in [-0.3, -0.25) is 4.79 Å². The van der Waals surface area contributed by atoms with E-state index in [0.717, 1.165) is 56.9 Å². The van der Waals surface area contributed by atoms with Gasteiger partial charge < -0.3 is 15.0 Å². The Labute approximate surface area is 187 Å². The van der Waals surface area contributed by atoms with Crippen LogP contribution in [-0.2, 0) is 11.2 Å². The van der Waals surface area contributed by atoms with Crippen molar-refractivity contribution < 1.29 is 14.1 Å². The van der Waals surface area contributed by atoms with E-state index in [9.17, 15) is 4.79 Å². The molecule has 5 rings (SSSR count). The fraction of sp³-hybridized carbons (Fsp3) is 0.360. The number of anilines is 2. The van der Waals surface area contributed by atoms with Crippen molar-refractivity contribution in [1.29, 1.82) is 0 Å². The minimum absolute atomic E-state index is 0.0892. The lowest BCUT2D eigenvalue weighted by Crippen LogP contribution is -2.42. The van der Waals surface area contributed by atoms with Gasteiger partial charge in [0, 0.05) is 40.4 Å². The highest BCUT2D eigenvalue weighted by atomic mass is 32.1. The van der Waals surface area contributed by atoms with Crippen LogP contribution < -0.4 is 15.0 Å². The molecule has 2 aliphatic rings. The molecule has 0 bridgehead atoms. The predicted octanol–water partition coefficient (Wildman–Crippen LogP) is 4.55. The van der Waals surface area contributed by atoms with Crippen molar-refractivity contribution in [1.82, 2.24) is 0 Å². The first-order valence-electron chi connectivity index (χ1n) is 11.1. The monoisotopic (exact) mass is 434 g/mol. The van der Waals surface area contributed by atoms with Crippen LogP contribution in [0, 0.1) is 0 Å². The highest BCUT2D eigenvalue weighted by Crippen LogP contribution is 2.31. The number of piperazine rings is 1. The zero-order chi connectivity index (χ0) is 21.0. The molecule has 0 saturated carbocycles. The van der Waals surface area contributed by atoms with Gasteiger partial charge in [0.2, 0.25) is 5.91 Å². The number of ether oxygens (including phenoxy) is 1. The molecule has 0 spiro atoms. The van der Waals surface area contributed by atoms with Crippen LogP contribution in [0.4, 0.5) is 11.4 Å². The molecule has 0 atom stereocenters. The highest BCUT2D eigenvalue weighted by Gasteiger charge is 2.20. The SMILES string of the molecule is O=C1CCc2ccc(OCCCC=[N+]3CCN(c4cccc5sccc45)CC3)cc2N1. The Morgan fingerprint density at radius 1 is 1.13 bits per heavy atom. The Hall–Kier alpha value is -2.86. The number of unbranched alkanes of at least 4 members (excludes halogenated alkanes) is 1. The second kappa shape index (κ2) is 9.10. The van der Waals surface area contributed by atoms with Crippen molar-refractivity contribution in [3.63, 3.8) is 0 Å². The molecule has 1 saturated heterocycles. The zero-order valence-electron chi connectivity index (χ0n) is 17.7. The molecule has 5 nitrogen and oxygen atoms in total. The van der Waals surface area contributed by atoms with Crippen molar-refractivity contribution in [2.24, 2.45) is 0 Å². The number of fused-ring (bicyclic) bond motifs is 2. The zero-order valence-corrected chi connectivity index (χ0v) is 18.5. The lowest BCUT2D eigenvalue weighted by Gasteiger charge is -2.28. The maximum atomic E-state index is 11.6. The summed E-state index contributed by atoms with van der Waals surface area (Å²) in [7, 11) is 0. The number of aryl methyl sites for hydroxylation is 1. The van der Waals surface area contributed by atoms with Gasteiger partial charge in [0.1, 0.15) is 12.0 Å². The van der Waals surface area contributed by atoms with E-state index in [1.54, 1.807) is 0 Å². The van der Waals surface area contributed by atoms with Crippen molar-refractivity contribution in [2.75, 3.05) is 43.0 Å². The van der Waals surface area contributed by atoms with Crippen LogP contribution in [0.2, 0.25) is 0 Å². The van der Waals surface area contributed by atoms with Gasteiger partial charge in [-0.2, -0.15) is 0 Å². The van der Waals surface area contributed by atoms with Crippen LogP contribution in [0.25, 0.3) is 10.1 Å². The number of benzene rings is 2. The van der Waals surface area contributed by atoms with Crippen LogP contribution in [0.5, 0.6) is 5.75 Å². The smallest absolute Gasteiger partial charge is 0.224 e. The van der Waals surface area contributed by atoms with Gasteiger partial charge in [-0.1, -0.05) is 12.1 Å². The minimum Gasteiger partial charge on any atom is -0.494 e. The van der Waals surface area contributed by atoms with E-state index >= 15 is 0 Å². The summed E-state index contributed by atoms with van der Waals surface area (Å²) in [6.45, 7) is 4.92. The normalized spacial score (nSPS) is 16.2. The average molecular weight is 435 g/mol. The number of nitrogens with one attached hydrogen (secondary N) is 1. The summed E-state index contributed by atoms with van der Waals surface area (Å²) in [6.07, 6.45) is 5.71. The molecular weight excluding hydrogens is 406 g/mol. The Kier molecular flexibility index (Phi) is 5.89. The minimum atomic E-state index is 0.0892. The van der Waals surface area contributed by atoms with E-state index in [1.165, 1.54) is 21.3 Å². The molecule has 0 radical (unpaired) electrons. The van der Waals surface area contributed by atoms with Gasteiger partial charge in [0.05, 0.1) is 19.7 Å². The fourth-order valence-electron chi connectivity index (χ4n) is 4.39. The van der Waals surface area contributed by atoms with Gasteiger partial charge in [0.15, 0.2) is 13.1 Å². The Bertz CT molecular complexity index is 1110. The largest absolute Gasteiger partial charge is 0.494 e. The molecule has 1 N–H and O–H groups in total. The first kappa shape index (κ1) is 20.1. The average Bonchev–Trinajstić information content (AvgIpc) is 3.28. The Morgan fingerprint density at radius 3 is 2.94 bits per heavy atom. The number of hydrogen-bond acceptors (Lipinski definition) is 4. The van der Waals surface area contributed by atoms with Crippen LogP contribution in [0.15, 0.2) is 47.8 Å². The van der Waals surface area contributed by atoms with E-state index in [1.807, 2.05) is 23.5 Å². The van der Waals surface area contributed by atoms with E-state index in [0.29, 0.717) is 13.0 Å². The second-order valence-corrected chi connectivity index (χ2v) is 9.12. The van der Waals surface area contributed by atoms with Crippen molar-refractivity contribution in [2.45, 2.75) is 25.7 Å². The Balaban J connectivity index is 1.08. The molecule has 2 aromatic carbocycles. The summed E-state index contributed by atoms with van der Waals surface area (Å²) < 4.78 is 9.72. The molecule has 31 heavy (non-hydrogen) atoms. The molecule has 0 aliphatic carbocycles. The molecule has 3 aromatic rings. The third kappa shape index (κ3) is 4.59. The second-order valence-electron chi connectivity index (χ2n) is 8.17. The predicted molar refractivity (Wildman–Crippen MR) is 128 cm³/mol. The van der Waals surface area contributed by atoms with E-state index in [2.05, 4.69) is 56.7 Å². The van der Waals surface area contributed by atoms with Crippen LogP contribution in [-0.4, -0.2) is 49.5 Å². The lowest BCUT2D eigenvalue weighted by atomic mass is 10.0. The highest BCUT2D eigenvalue weighted by molar-refractivity contribution is 7.17. The quantitative estimate of drug-likeness (QED) is 0.457. The number of hydrogen-bond donors (Lipinski definition) is 1. The van der Waals surface area contributed by atoms with Crippen LogP contribution in [0.1, 0.15) is 24.8 Å². The molecule has 3 heterocycles. The van der Waals surface area contributed by atoms with Gasteiger partial charge >= 0.3 is 0 Å². The maximum absolute atomic E-state index is 11.6. The molecule has 1 aromatic heterocycles. The Morgan fingerprint density at radius 2 is 2.03 bits per heavy atom. The molecule has 0 unspecified atom stereocenters. The molecule has 1 fully saturated rings. The van der Waals surface area contributed by atoms with Gasteiger partial charge in [-0.25, -0.2) is 4.58 Å². The van der Waals surface area contributed by atoms with Crippen molar-refractivity contribution >= 4 is 44.9 Å². The molecule has 2 aliphatic heterocycles. The van der Waals surface area contributed by atoms with Crippen LogP contribution >= 0.6 is 11.3 Å². The topological polar surface area (TPSA) is 44.6 Å². The van der Waals surface area contributed by atoms with Gasteiger partial charge in [-0.05, 0) is 48.1 Å². The number of nitrogens with zero attached hydrogens (tertiary/aromatic N) is 2. The third-order valence-corrected chi connectivity index (χ3v) is 6.99. The summed E-state index contributed by atoms with van der Waals surface area (Å²) >= 11 is 1.81. The van der Waals surface area contributed by atoms with Gasteiger partial charge in [0.25, 0.3) is 0 Å². The lowest BCUT2D eigenvalue weighted by molar-refractivity contribution is -0.526. The van der Waals surface area contributed by atoms with Gasteiger partial charge in [-0.15, -0.1) is 11.3 Å². The summed E-state index contributed by atoms with van der Waals surface area (Å²) in [5.41, 5.74) is 3.46. The summed E-state index contributed by atoms with van der Waals surface area (Å²) in [5, 5.41) is 6.49.